The average molecular weight is 475 g/mol. The molecule has 1 aliphatic heterocycles. The molecule has 0 saturated heterocycles. The Labute approximate surface area is 177 Å². The maximum absolute atomic E-state index is 14.3. The Morgan fingerprint density at radius 1 is 1.06 bits per heavy atom. The van der Waals surface area contributed by atoms with E-state index in [-0.39, 0.29) is 5.69 Å². The second-order valence-electron chi connectivity index (χ2n) is 6.94. The van der Waals surface area contributed by atoms with Gasteiger partial charge in [0, 0.05) is 26.7 Å². The van der Waals surface area contributed by atoms with E-state index < -0.39 is 61.1 Å². The lowest BCUT2D eigenvalue weighted by atomic mass is 9.93. The number of amides is 2. The maximum atomic E-state index is 14.3. The average Bonchev–Trinajstić information content (AvgIpc) is 2.97. The molecule has 11 nitrogen and oxygen atoms in total. The van der Waals surface area contributed by atoms with E-state index in [9.17, 15) is 40.8 Å². The van der Waals surface area contributed by atoms with E-state index in [2.05, 4.69) is 5.32 Å². The Morgan fingerprint density at radius 3 is 2.12 bits per heavy atom. The van der Waals surface area contributed by atoms with Crippen LogP contribution >= 0.6 is 0 Å². The van der Waals surface area contributed by atoms with Crippen molar-refractivity contribution >= 4 is 33.3 Å². The minimum absolute atomic E-state index is 0.176. The number of fused-ring (bicyclic) bond motifs is 1. The number of nitrogens with one attached hydrogen (secondary N) is 3. The number of benzene rings is 1. The molecule has 0 spiro atoms. The Bertz CT molecular complexity index is 1360. The van der Waals surface area contributed by atoms with E-state index in [1.54, 1.807) is 5.32 Å². The normalized spacial score (nSPS) is 18.2. The van der Waals surface area contributed by atoms with Crippen molar-refractivity contribution in [2.75, 3.05) is 10.6 Å². The molecule has 1 aliphatic rings. The highest BCUT2D eigenvalue weighted by Gasteiger charge is 2.69. The van der Waals surface area contributed by atoms with Gasteiger partial charge in [-0.25, -0.2) is 13.2 Å². The molecule has 1 aromatic carbocycles. The van der Waals surface area contributed by atoms with Gasteiger partial charge in [-0.05, 0) is 24.3 Å². The fraction of sp³-hybridized carbons (Fsp3) is 0.294. The lowest BCUT2D eigenvalue weighted by Crippen LogP contribution is -2.62. The molecule has 1 unspecified atom stereocenters. The Hall–Kier alpha value is -3.46. The van der Waals surface area contributed by atoms with Crippen LogP contribution in [0.2, 0.25) is 0 Å². The standard InChI is InChI=1S/C17H16F3N5O6S/c1-8(26)21-9-4-6-10(7-5-9)32(30,31)23-16(17(18,19)20)11-12(22-14(16)28)24(2)15(29)25(3)13(11)27/h4-7,23H,1-3H3,(H,21,26)(H,22,28). The van der Waals surface area contributed by atoms with Crippen molar-refractivity contribution in [3.05, 3.63) is 50.7 Å². The van der Waals surface area contributed by atoms with Crippen LogP contribution in [0.15, 0.2) is 38.8 Å². The Kier molecular flexibility index (Phi) is 5.30. The van der Waals surface area contributed by atoms with Crippen molar-refractivity contribution in [2.45, 2.75) is 23.5 Å². The fourth-order valence-corrected chi connectivity index (χ4v) is 4.58. The second-order valence-corrected chi connectivity index (χ2v) is 8.62. The van der Waals surface area contributed by atoms with Crippen LogP contribution in [0.4, 0.5) is 24.7 Å². The van der Waals surface area contributed by atoms with Gasteiger partial charge in [-0.1, -0.05) is 0 Å². The summed E-state index contributed by atoms with van der Waals surface area (Å²) in [5.74, 6) is -3.13. The molecule has 0 bridgehead atoms. The summed E-state index contributed by atoms with van der Waals surface area (Å²) in [5.41, 5.74) is -7.61. The molecular weight excluding hydrogens is 459 g/mol. The third kappa shape index (κ3) is 3.38. The van der Waals surface area contributed by atoms with Gasteiger partial charge in [0.1, 0.15) is 5.82 Å². The number of carbonyl (C=O) groups excluding carboxylic acids is 2. The van der Waals surface area contributed by atoms with E-state index in [4.69, 9.17) is 0 Å². The molecule has 0 radical (unpaired) electrons. The van der Waals surface area contributed by atoms with Crippen LogP contribution in [0.5, 0.6) is 0 Å². The van der Waals surface area contributed by atoms with Gasteiger partial charge in [-0.2, -0.15) is 17.9 Å². The smallest absolute Gasteiger partial charge is 0.326 e. The first-order valence-electron chi connectivity index (χ1n) is 8.74. The van der Waals surface area contributed by atoms with E-state index in [0.29, 0.717) is 9.13 Å². The molecule has 32 heavy (non-hydrogen) atoms. The molecule has 3 N–H and O–H groups in total. The predicted octanol–water partition coefficient (Wildman–Crippen LogP) is -0.269. The highest BCUT2D eigenvalue weighted by molar-refractivity contribution is 7.89. The molecule has 0 fully saturated rings. The highest BCUT2D eigenvalue weighted by atomic mass is 32.2. The summed E-state index contributed by atoms with van der Waals surface area (Å²) in [6, 6.07) is 4.07. The monoisotopic (exact) mass is 475 g/mol. The zero-order valence-corrected chi connectivity index (χ0v) is 17.5. The van der Waals surface area contributed by atoms with Crippen molar-refractivity contribution in [1.82, 2.24) is 13.9 Å². The number of sulfonamides is 1. The van der Waals surface area contributed by atoms with Crippen LogP contribution in [0.1, 0.15) is 12.5 Å². The summed E-state index contributed by atoms with van der Waals surface area (Å²) in [4.78, 5) is 47.6. The summed E-state index contributed by atoms with van der Waals surface area (Å²) in [5, 5.41) is 4.15. The molecule has 1 aromatic heterocycles. The number of hydrogen-bond donors (Lipinski definition) is 3. The van der Waals surface area contributed by atoms with Crippen LogP contribution < -0.4 is 26.6 Å². The Balaban J connectivity index is 2.22. The van der Waals surface area contributed by atoms with Crippen LogP contribution in [0.25, 0.3) is 0 Å². The molecule has 15 heteroatoms. The number of rotatable bonds is 4. The Morgan fingerprint density at radius 2 is 1.62 bits per heavy atom. The molecule has 172 valence electrons. The third-order valence-corrected chi connectivity index (χ3v) is 6.28. The zero-order chi connectivity index (χ0) is 24.2. The number of nitrogens with zero attached hydrogens (tertiary/aromatic N) is 2. The van der Waals surface area contributed by atoms with Crippen molar-refractivity contribution < 1.29 is 31.2 Å². The number of aromatic nitrogens is 2. The number of hydrogen-bond acceptors (Lipinski definition) is 6. The SMILES string of the molecule is CC(=O)Nc1ccc(S(=O)(=O)NC2(C(F)(F)F)C(=O)Nc3c2c(=O)n(C)c(=O)n3C)cc1. The predicted molar refractivity (Wildman–Crippen MR) is 104 cm³/mol. The van der Waals surface area contributed by atoms with Crippen molar-refractivity contribution in [1.29, 1.82) is 0 Å². The first kappa shape index (κ1) is 23.2. The van der Waals surface area contributed by atoms with Gasteiger partial charge in [0.05, 0.1) is 10.5 Å². The van der Waals surface area contributed by atoms with Crippen molar-refractivity contribution in [3.63, 3.8) is 0 Å². The number of carbonyl (C=O) groups is 2. The summed E-state index contributed by atoms with van der Waals surface area (Å²) in [6.07, 6.45) is -5.60. The van der Waals surface area contributed by atoms with Crippen LogP contribution in [0.3, 0.4) is 0 Å². The summed E-state index contributed by atoms with van der Waals surface area (Å²) in [7, 11) is -3.13. The van der Waals surface area contributed by atoms with Gasteiger partial charge < -0.3 is 10.6 Å². The largest absolute Gasteiger partial charge is 0.421 e. The summed E-state index contributed by atoms with van der Waals surface area (Å²) < 4.78 is 70.7. The summed E-state index contributed by atoms with van der Waals surface area (Å²) >= 11 is 0. The molecule has 0 aliphatic carbocycles. The molecule has 0 saturated carbocycles. The number of halogens is 3. The minimum Gasteiger partial charge on any atom is -0.326 e. The van der Waals surface area contributed by atoms with Crippen molar-refractivity contribution in [2.24, 2.45) is 14.1 Å². The minimum atomic E-state index is -5.60. The second kappa shape index (κ2) is 7.30. The third-order valence-electron chi connectivity index (χ3n) is 4.81. The molecule has 2 heterocycles. The van der Waals surface area contributed by atoms with Gasteiger partial charge in [0.15, 0.2) is 0 Å². The van der Waals surface area contributed by atoms with Crippen LogP contribution in [-0.2, 0) is 39.2 Å². The van der Waals surface area contributed by atoms with Gasteiger partial charge >= 0.3 is 11.9 Å². The van der Waals surface area contributed by atoms with Crippen LogP contribution in [-0.4, -0.2) is 35.5 Å². The van der Waals surface area contributed by atoms with E-state index in [1.807, 2.05) is 0 Å². The fourth-order valence-electron chi connectivity index (χ4n) is 3.25. The van der Waals surface area contributed by atoms with Crippen LogP contribution in [0, 0.1) is 0 Å². The van der Waals surface area contributed by atoms with Gasteiger partial charge in [-0.3, -0.25) is 23.5 Å². The molecular formula is C17H16F3N5O6S. The molecule has 2 amide bonds. The van der Waals surface area contributed by atoms with Gasteiger partial charge in [0.2, 0.25) is 21.5 Å². The van der Waals surface area contributed by atoms with Crippen molar-refractivity contribution in [3.8, 4) is 0 Å². The first-order chi connectivity index (χ1) is 14.6. The molecule has 2 aromatic rings. The number of alkyl halides is 3. The molecule has 1 atom stereocenters. The lowest BCUT2D eigenvalue weighted by Gasteiger charge is -2.30. The highest BCUT2D eigenvalue weighted by Crippen LogP contribution is 2.45. The van der Waals surface area contributed by atoms with Gasteiger partial charge in [0.25, 0.3) is 11.5 Å². The van der Waals surface area contributed by atoms with E-state index in [0.717, 1.165) is 38.4 Å². The van der Waals surface area contributed by atoms with E-state index in [1.165, 1.54) is 11.6 Å². The van der Waals surface area contributed by atoms with Gasteiger partial charge in [-0.15, -0.1) is 0 Å². The lowest BCUT2D eigenvalue weighted by molar-refractivity contribution is -0.194. The quantitative estimate of drug-likeness (QED) is 0.555. The summed E-state index contributed by atoms with van der Waals surface area (Å²) in [6.45, 7) is 1.20. The molecule has 3 rings (SSSR count). The zero-order valence-electron chi connectivity index (χ0n) is 16.7. The first-order valence-corrected chi connectivity index (χ1v) is 10.2. The maximum Gasteiger partial charge on any atom is 0.421 e. The van der Waals surface area contributed by atoms with E-state index >= 15 is 0 Å². The number of anilines is 2. The topological polar surface area (TPSA) is 148 Å².